The van der Waals surface area contributed by atoms with Gasteiger partial charge in [0.25, 0.3) is 0 Å². The van der Waals surface area contributed by atoms with Crippen molar-refractivity contribution in [3.63, 3.8) is 0 Å². The number of aromatic nitrogens is 2. The molecule has 1 N–H and O–H groups in total. The second-order valence-corrected chi connectivity index (χ2v) is 4.46. The lowest BCUT2D eigenvalue weighted by Gasteiger charge is -2.19. The minimum Gasteiger partial charge on any atom is -0.311 e. The number of halogens is 2. The maximum atomic E-state index is 6.11. The van der Waals surface area contributed by atoms with Gasteiger partial charge in [0.05, 0.1) is 22.3 Å². The van der Waals surface area contributed by atoms with E-state index in [1.54, 1.807) is 6.20 Å². The van der Waals surface area contributed by atoms with E-state index in [2.05, 4.69) is 10.4 Å². The van der Waals surface area contributed by atoms with Crippen LogP contribution in [0.15, 0.2) is 12.3 Å². The molecule has 0 bridgehead atoms. The first kappa shape index (κ1) is 11.0. The Bertz CT molecular complexity index is 384. The summed E-state index contributed by atoms with van der Waals surface area (Å²) in [5.74, 6) is 0. The maximum absolute atomic E-state index is 6.11. The van der Waals surface area contributed by atoms with Crippen molar-refractivity contribution in [3.8, 4) is 0 Å². The third kappa shape index (κ3) is 2.19. The van der Waals surface area contributed by atoms with Crippen LogP contribution in [0.4, 0.5) is 0 Å². The average molecular weight is 246 g/mol. The Balaban J connectivity index is 2.39. The van der Waals surface area contributed by atoms with Gasteiger partial charge in [0.2, 0.25) is 0 Å². The number of hydrogen-bond donors (Lipinski definition) is 1. The highest BCUT2D eigenvalue weighted by Crippen LogP contribution is 2.25. The van der Waals surface area contributed by atoms with E-state index >= 15 is 0 Å². The molecular formula is C10H13Cl2N3. The number of hydrogen-bond acceptors (Lipinski definition) is 2. The molecule has 0 saturated heterocycles. The van der Waals surface area contributed by atoms with E-state index in [-0.39, 0.29) is 5.38 Å². The summed E-state index contributed by atoms with van der Waals surface area (Å²) in [7, 11) is 0. The van der Waals surface area contributed by atoms with Crippen LogP contribution < -0.4 is 5.32 Å². The minimum atomic E-state index is 0.0324. The van der Waals surface area contributed by atoms with Crippen LogP contribution in [0.5, 0.6) is 0 Å². The fourth-order valence-electron chi connectivity index (χ4n) is 1.76. The summed E-state index contributed by atoms with van der Waals surface area (Å²) in [6, 6.07) is 0. The fourth-order valence-corrected chi connectivity index (χ4v) is 2.29. The molecule has 15 heavy (non-hydrogen) atoms. The highest BCUT2D eigenvalue weighted by molar-refractivity contribution is 6.32. The summed E-state index contributed by atoms with van der Waals surface area (Å²) >= 11 is 12.2. The molecule has 82 valence electrons. The molecule has 0 saturated carbocycles. The Morgan fingerprint density at radius 3 is 3.13 bits per heavy atom. The lowest BCUT2D eigenvalue weighted by atomic mass is 10.1. The second kappa shape index (κ2) is 4.56. The Morgan fingerprint density at radius 1 is 1.67 bits per heavy atom. The van der Waals surface area contributed by atoms with Crippen LogP contribution >= 0.6 is 23.2 Å². The largest absolute Gasteiger partial charge is 0.311 e. The van der Waals surface area contributed by atoms with E-state index in [1.165, 1.54) is 0 Å². The van der Waals surface area contributed by atoms with E-state index in [0.717, 1.165) is 30.9 Å². The van der Waals surface area contributed by atoms with Gasteiger partial charge in [0.1, 0.15) is 0 Å². The van der Waals surface area contributed by atoms with E-state index in [9.17, 15) is 0 Å². The van der Waals surface area contributed by atoms with Crippen LogP contribution in [0.1, 0.15) is 12.6 Å². The summed E-state index contributed by atoms with van der Waals surface area (Å²) in [5.41, 5.74) is 2.11. The zero-order valence-electron chi connectivity index (χ0n) is 8.50. The minimum absolute atomic E-state index is 0.0324. The quantitative estimate of drug-likeness (QED) is 0.810. The lowest BCUT2D eigenvalue weighted by Crippen LogP contribution is -2.29. The average Bonchev–Trinajstić information content (AvgIpc) is 2.59. The molecule has 0 spiro atoms. The SMILES string of the molecule is CCn1ncc(Cl)c1C1=CC(Cl)CNC1. The third-order valence-electron chi connectivity index (χ3n) is 2.44. The van der Waals surface area contributed by atoms with Crippen LogP contribution in [-0.4, -0.2) is 28.2 Å². The number of nitrogens with one attached hydrogen (secondary N) is 1. The zero-order valence-corrected chi connectivity index (χ0v) is 10.0. The molecule has 1 aromatic rings. The first-order valence-electron chi connectivity index (χ1n) is 4.99. The normalized spacial score (nSPS) is 21.5. The van der Waals surface area contributed by atoms with Crippen molar-refractivity contribution in [2.75, 3.05) is 13.1 Å². The summed E-state index contributed by atoms with van der Waals surface area (Å²) in [4.78, 5) is 0. The van der Waals surface area contributed by atoms with Gasteiger partial charge in [-0.1, -0.05) is 17.7 Å². The molecule has 1 atom stereocenters. The molecule has 1 aliphatic rings. The van der Waals surface area contributed by atoms with Crippen molar-refractivity contribution in [2.45, 2.75) is 18.8 Å². The molecule has 1 unspecified atom stereocenters. The third-order valence-corrected chi connectivity index (χ3v) is 2.99. The standard InChI is InChI=1S/C10H13Cl2N3/c1-2-15-10(9(12)6-14-15)7-3-8(11)5-13-4-7/h3,6,8,13H,2,4-5H2,1H3. The van der Waals surface area contributed by atoms with Crippen molar-refractivity contribution >= 4 is 28.8 Å². The van der Waals surface area contributed by atoms with Gasteiger partial charge in [-0.25, -0.2) is 0 Å². The predicted octanol–water partition coefficient (Wildman–Crippen LogP) is 2.15. The molecule has 0 aromatic carbocycles. The van der Waals surface area contributed by atoms with Gasteiger partial charge in [0.15, 0.2) is 0 Å². The molecule has 1 aromatic heterocycles. The van der Waals surface area contributed by atoms with E-state index < -0.39 is 0 Å². The monoisotopic (exact) mass is 245 g/mol. The molecule has 0 radical (unpaired) electrons. The first-order chi connectivity index (χ1) is 7.22. The number of nitrogens with zero attached hydrogens (tertiary/aromatic N) is 2. The molecule has 0 aliphatic carbocycles. The van der Waals surface area contributed by atoms with Crippen LogP contribution in [0.2, 0.25) is 5.02 Å². The first-order valence-corrected chi connectivity index (χ1v) is 5.81. The second-order valence-electron chi connectivity index (χ2n) is 3.50. The van der Waals surface area contributed by atoms with Gasteiger partial charge < -0.3 is 5.32 Å². The molecule has 3 nitrogen and oxygen atoms in total. The van der Waals surface area contributed by atoms with Gasteiger partial charge in [-0.2, -0.15) is 5.10 Å². The van der Waals surface area contributed by atoms with Crippen molar-refractivity contribution in [1.82, 2.24) is 15.1 Å². The maximum Gasteiger partial charge on any atom is 0.0862 e. The van der Waals surface area contributed by atoms with Gasteiger partial charge in [0, 0.05) is 19.6 Å². The molecule has 0 fully saturated rings. The van der Waals surface area contributed by atoms with Gasteiger partial charge >= 0.3 is 0 Å². The Morgan fingerprint density at radius 2 is 2.47 bits per heavy atom. The van der Waals surface area contributed by atoms with Gasteiger partial charge in [-0.15, -0.1) is 11.6 Å². The van der Waals surface area contributed by atoms with Crippen LogP contribution in [-0.2, 0) is 6.54 Å². The molecule has 2 rings (SSSR count). The van der Waals surface area contributed by atoms with Gasteiger partial charge in [-0.3, -0.25) is 4.68 Å². The van der Waals surface area contributed by atoms with Crippen LogP contribution in [0.25, 0.3) is 5.57 Å². The van der Waals surface area contributed by atoms with Gasteiger partial charge in [-0.05, 0) is 12.5 Å². The van der Waals surface area contributed by atoms with E-state index in [0.29, 0.717) is 5.02 Å². The molecule has 5 heteroatoms. The number of rotatable bonds is 2. The highest BCUT2D eigenvalue weighted by atomic mass is 35.5. The lowest BCUT2D eigenvalue weighted by molar-refractivity contribution is 0.643. The number of aryl methyl sites for hydroxylation is 1. The van der Waals surface area contributed by atoms with Crippen molar-refractivity contribution in [1.29, 1.82) is 0 Å². The summed E-state index contributed by atoms with van der Waals surface area (Å²) in [5, 5.41) is 8.18. The number of alkyl halides is 1. The highest BCUT2D eigenvalue weighted by Gasteiger charge is 2.17. The fraction of sp³-hybridized carbons (Fsp3) is 0.500. The topological polar surface area (TPSA) is 29.9 Å². The van der Waals surface area contributed by atoms with Crippen LogP contribution in [0.3, 0.4) is 0 Å². The molecular weight excluding hydrogens is 233 g/mol. The zero-order chi connectivity index (χ0) is 10.8. The summed E-state index contributed by atoms with van der Waals surface area (Å²) < 4.78 is 1.89. The molecule has 0 amide bonds. The van der Waals surface area contributed by atoms with Crippen molar-refractivity contribution < 1.29 is 0 Å². The van der Waals surface area contributed by atoms with E-state index in [1.807, 2.05) is 17.7 Å². The molecule has 1 aliphatic heterocycles. The van der Waals surface area contributed by atoms with Crippen molar-refractivity contribution in [2.24, 2.45) is 0 Å². The smallest absolute Gasteiger partial charge is 0.0862 e. The summed E-state index contributed by atoms with van der Waals surface area (Å²) in [6.07, 6.45) is 3.73. The Kier molecular flexibility index (Phi) is 3.34. The van der Waals surface area contributed by atoms with Crippen molar-refractivity contribution in [3.05, 3.63) is 23.0 Å². The Labute approximate surface area is 99.1 Å². The Hall–Kier alpha value is -0.510. The van der Waals surface area contributed by atoms with Crippen LogP contribution in [0, 0.1) is 0 Å². The molecule has 2 heterocycles. The van der Waals surface area contributed by atoms with E-state index in [4.69, 9.17) is 23.2 Å². The summed E-state index contributed by atoms with van der Waals surface area (Å²) in [6.45, 7) is 4.46. The predicted molar refractivity (Wildman–Crippen MR) is 63.4 cm³/mol.